The van der Waals surface area contributed by atoms with Crippen molar-refractivity contribution in [2.75, 3.05) is 6.54 Å². The first-order chi connectivity index (χ1) is 10.1. The standard InChI is InChI=1S/C16H22N4O/c1-11-14(6-4-8-17-11)10-20-9-5-7-15(12(20)2)16-19-18-13(3)21-16/h4,6,8,12,15H,5,7,9-10H2,1-3H3/t12-,15-/m0/s1. The van der Waals surface area contributed by atoms with E-state index < -0.39 is 0 Å². The Labute approximate surface area is 125 Å². The zero-order valence-corrected chi connectivity index (χ0v) is 12.9. The predicted molar refractivity (Wildman–Crippen MR) is 79.9 cm³/mol. The monoisotopic (exact) mass is 286 g/mol. The van der Waals surface area contributed by atoms with Gasteiger partial charge in [0.2, 0.25) is 11.8 Å². The lowest BCUT2D eigenvalue weighted by Gasteiger charge is -2.38. The van der Waals surface area contributed by atoms with E-state index in [4.69, 9.17) is 4.42 Å². The molecule has 2 aromatic rings. The van der Waals surface area contributed by atoms with Gasteiger partial charge in [-0.2, -0.15) is 0 Å². The molecule has 0 amide bonds. The zero-order valence-electron chi connectivity index (χ0n) is 12.9. The highest BCUT2D eigenvalue weighted by Gasteiger charge is 2.32. The summed E-state index contributed by atoms with van der Waals surface area (Å²) in [7, 11) is 0. The van der Waals surface area contributed by atoms with Crippen LogP contribution in [0.5, 0.6) is 0 Å². The largest absolute Gasteiger partial charge is 0.425 e. The third-order valence-corrected chi connectivity index (χ3v) is 4.47. The molecule has 0 radical (unpaired) electrons. The van der Waals surface area contributed by atoms with Crippen LogP contribution in [0.4, 0.5) is 0 Å². The third-order valence-electron chi connectivity index (χ3n) is 4.47. The van der Waals surface area contributed by atoms with Crippen LogP contribution in [-0.4, -0.2) is 32.7 Å². The zero-order chi connectivity index (χ0) is 14.8. The van der Waals surface area contributed by atoms with Gasteiger partial charge in [0.15, 0.2) is 0 Å². The first-order valence-electron chi connectivity index (χ1n) is 7.59. The Balaban J connectivity index is 1.76. The molecular formula is C16H22N4O. The summed E-state index contributed by atoms with van der Waals surface area (Å²) in [6.07, 6.45) is 4.13. The third kappa shape index (κ3) is 2.97. The molecule has 3 rings (SSSR count). The number of pyridine rings is 1. The van der Waals surface area contributed by atoms with Crippen LogP contribution in [0, 0.1) is 13.8 Å². The lowest BCUT2D eigenvalue weighted by molar-refractivity contribution is 0.118. The van der Waals surface area contributed by atoms with E-state index in [0.717, 1.165) is 37.5 Å². The lowest BCUT2D eigenvalue weighted by Crippen LogP contribution is -2.42. The van der Waals surface area contributed by atoms with Gasteiger partial charge in [0.05, 0.1) is 5.92 Å². The molecule has 21 heavy (non-hydrogen) atoms. The van der Waals surface area contributed by atoms with E-state index in [2.05, 4.69) is 40.0 Å². The molecule has 0 saturated carbocycles. The molecule has 112 valence electrons. The fourth-order valence-corrected chi connectivity index (χ4v) is 3.13. The van der Waals surface area contributed by atoms with Crippen molar-refractivity contribution in [1.29, 1.82) is 0 Å². The summed E-state index contributed by atoms with van der Waals surface area (Å²) in [5.41, 5.74) is 2.41. The Morgan fingerprint density at radius 1 is 1.33 bits per heavy atom. The molecule has 2 aromatic heterocycles. The maximum absolute atomic E-state index is 5.65. The highest BCUT2D eigenvalue weighted by atomic mass is 16.4. The molecule has 0 spiro atoms. The Morgan fingerprint density at radius 2 is 2.19 bits per heavy atom. The van der Waals surface area contributed by atoms with Gasteiger partial charge in [-0.25, -0.2) is 0 Å². The Bertz CT molecular complexity index is 610. The van der Waals surface area contributed by atoms with E-state index in [-0.39, 0.29) is 0 Å². The van der Waals surface area contributed by atoms with Crippen LogP contribution in [0.2, 0.25) is 0 Å². The van der Waals surface area contributed by atoms with E-state index in [0.29, 0.717) is 17.9 Å². The number of aromatic nitrogens is 3. The van der Waals surface area contributed by atoms with Gasteiger partial charge in [-0.15, -0.1) is 10.2 Å². The molecule has 2 atom stereocenters. The molecule has 1 fully saturated rings. The van der Waals surface area contributed by atoms with Crippen molar-refractivity contribution in [3.8, 4) is 0 Å². The second-order valence-electron chi connectivity index (χ2n) is 5.87. The summed E-state index contributed by atoms with van der Waals surface area (Å²) >= 11 is 0. The van der Waals surface area contributed by atoms with Gasteiger partial charge in [0, 0.05) is 31.4 Å². The molecule has 1 aliphatic rings. The fourth-order valence-electron chi connectivity index (χ4n) is 3.13. The SMILES string of the molecule is Cc1nnc([C@H]2CCCN(Cc3cccnc3C)[C@H]2C)o1. The molecule has 0 N–H and O–H groups in total. The van der Waals surface area contributed by atoms with Crippen molar-refractivity contribution in [3.63, 3.8) is 0 Å². The lowest BCUT2D eigenvalue weighted by atomic mass is 9.89. The van der Waals surface area contributed by atoms with Gasteiger partial charge >= 0.3 is 0 Å². The number of hydrogen-bond donors (Lipinski definition) is 0. The van der Waals surface area contributed by atoms with E-state index in [9.17, 15) is 0 Å². The number of aryl methyl sites for hydroxylation is 2. The number of nitrogens with zero attached hydrogens (tertiary/aromatic N) is 4. The summed E-state index contributed by atoms with van der Waals surface area (Å²) in [6, 6.07) is 4.57. The van der Waals surface area contributed by atoms with Crippen molar-refractivity contribution < 1.29 is 4.42 Å². The van der Waals surface area contributed by atoms with Crippen molar-refractivity contribution >= 4 is 0 Å². The van der Waals surface area contributed by atoms with E-state index >= 15 is 0 Å². The maximum atomic E-state index is 5.65. The molecule has 1 aliphatic heterocycles. The number of piperidine rings is 1. The van der Waals surface area contributed by atoms with Gasteiger partial charge in [0.25, 0.3) is 0 Å². The minimum Gasteiger partial charge on any atom is -0.425 e. The molecule has 3 heterocycles. The van der Waals surface area contributed by atoms with Crippen molar-refractivity contribution in [3.05, 3.63) is 41.4 Å². The Kier molecular flexibility index (Phi) is 4.01. The summed E-state index contributed by atoms with van der Waals surface area (Å²) in [5, 5.41) is 8.20. The second kappa shape index (κ2) is 5.93. The summed E-state index contributed by atoms with van der Waals surface area (Å²) < 4.78 is 5.65. The highest BCUT2D eigenvalue weighted by Crippen LogP contribution is 2.32. The molecule has 0 bridgehead atoms. The summed E-state index contributed by atoms with van der Waals surface area (Å²) in [5.74, 6) is 1.77. The van der Waals surface area contributed by atoms with Crippen LogP contribution < -0.4 is 0 Å². The second-order valence-corrected chi connectivity index (χ2v) is 5.87. The first-order valence-corrected chi connectivity index (χ1v) is 7.59. The molecule has 0 aromatic carbocycles. The number of rotatable bonds is 3. The number of hydrogen-bond acceptors (Lipinski definition) is 5. The van der Waals surface area contributed by atoms with Gasteiger partial charge < -0.3 is 4.42 Å². The van der Waals surface area contributed by atoms with E-state index in [1.165, 1.54) is 5.56 Å². The Morgan fingerprint density at radius 3 is 2.90 bits per heavy atom. The summed E-state index contributed by atoms with van der Waals surface area (Å²) in [4.78, 5) is 6.88. The molecule has 5 nitrogen and oxygen atoms in total. The average molecular weight is 286 g/mol. The summed E-state index contributed by atoms with van der Waals surface area (Å²) in [6.45, 7) is 8.22. The minimum absolute atomic E-state index is 0.330. The van der Waals surface area contributed by atoms with Gasteiger partial charge in [0.1, 0.15) is 0 Å². The van der Waals surface area contributed by atoms with Crippen molar-refractivity contribution in [1.82, 2.24) is 20.1 Å². The molecule has 0 unspecified atom stereocenters. The topological polar surface area (TPSA) is 55.1 Å². The van der Waals surface area contributed by atoms with Gasteiger partial charge in [-0.1, -0.05) is 6.07 Å². The highest BCUT2D eigenvalue weighted by molar-refractivity contribution is 5.18. The quantitative estimate of drug-likeness (QED) is 0.868. The van der Waals surface area contributed by atoms with E-state index in [1.807, 2.05) is 19.2 Å². The minimum atomic E-state index is 0.330. The van der Waals surface area contributed by atoms with Crippen LogP contribution in [-0.2, 0) is 6.54 Å². The number of likely N-dealkylation sites (tertiary alicyclic amines) is 1. The van der Waals surface area contributed by atoms with Crippen LogP contribution in [0.25, 0.3) is 0 Å². The van der Waals surface area contributed by atoms with Crippen LogP contribution in [0.15, 0.2) is 22.7 Å². The molecule has 1 saturated heterocycles. The Hall–Kier alpha value is -1.75. The predicted octanol–water partition coefficient (Wildman–Crippen LogP) is 2.85. The van der Waals surface area contributed by atoms with Gasteiger partial charge in [-0.3, -0.25) is 9.88 Å². The van der Waals surface area contributed by atoms with Crippen LogP contribution in [0.1, 0.15) is 48.7 Å². The van der Waals surface area contributed by atoms with Crippen molar-refractivity contribution in [2.45, 2.75) is 52.1 Å². The van der Waals surface area contributed by atoms with Gasteiger partial charge in [-0.05, 0) is 44.9 Å². The van der Waals surface area contributed by atoms with Crippen LogP contribution >= 0.6 is 0 Å². The van der Waals surface area contributed by atoms with Crippen LogP contribution in [0.3, 0.4) is 0 Å². The normalized spacial score (nSPS) is 23.4. The van der Waals surface area contributed by atoms with E-state index in [1.54, 1.807) is 0 Å². The average Bonchev–Trinajstić information content (AvgIpc) is 2.90. The van der Waals surface area contributed by atoms with Crippen molar-refractivity contribution in [2.24, 2.45) is 0 Å². The smallest absolute Gasteiger partial charge is 0.221 e. The molecule has 0 aliphatic carbocycles. The molecule has 5 heteroatoms. The fraction of sp³-hybridized carbons (Fsp3) is 0.562. The maximum Gasteiger partial charge on any atom is 0.221 e. The first kappa shape index (κ1) is 14.2. The molecular weight excluding hydrogens is 264 g/mol.